The molecule has 132 valence electrons. The number of nitrogens with zero attached hydrogens (tertiary/aromatic N) is 1. The number of aliphatic imine (C=N–C) groups is 1. The van der Waals surface area contributed by atoms with Gasteiger partial charge in [0, 0.05) is 0 Å². The van der Waals surface area contributed by atoms with Crippen molar-refractivity contribution in [2.24, 2.45) is 4.99 Å². The van der Waals surface area contributed by atoms with Gasteiger partial charge in [0.05, 0.1) is 4.43 Å². The van der Waals surface area contributed by atoms with Crippen LogP contribution in [0.1, 0.15) is 32.4 Å². The van der Waals surface area contributed by atoms with Crippen LogP contribution in [0, 0.1) is 0 Å². The fraction of sp³-hybridized carbons (Fsp3) is 0.500. The van der Waals surface area contributed by atoms with E-state index in [1.54, 1.807) is 20.8 Å². The molecule has 0 amide bonds. The quantitative estimate of drug-likeness (QED) is 0.329. The molecule has 0 fully saturated rings. The van der Waals surface area contributed by atoms with Gasteiger partial charge in [-0.1, -0.05) is 87.7 Å². The summed E-state index contributed by atoms with van der Waals surface area (Å²) < 4.78 is 9.79. The van der Waals surface area contributed by atoms with Gasteiger partial charge < -0.3 is 9.47 Å². The summed E-state index contributed by atoms with van der Waals surface area (Å²) in [7, 11) is 0. The number of carbonyl (C=O) groups is 1. The average molecular weight is 505 g/mol. The number of benzene rings is 1. The minimum Gasteiger partial charge on any atom is -0.457 e. The highest BCUT2D eigenvalue weighted by Crippen LogP contribution is 2.45. The molecule has 8 heteroatoms. The lowest BCUT2D eigenvalue weighted by Crippen LogP contribution is -2.50. The first-order valence-corrected chi connectivity index (χ1v) is 9.84. The highest BCUT2D eigenvalue weighted by molar-refractivity contribution is 14.1. The van der Waals surface area contributed by atoms with Crippen molar-refractivity contribution in [3.63, 3.8) is 0 Å². The van der Waals surface area contributed by atoms with Gasteiger partial charge in [0.2, 0.25) is 11.5 Å². The second kappa shape index (κ2) is 7.17. The Balaban J connectivity index is 2.50. The maximum absolute atomic E-state index is 12.9. The average Bonchev–Trinajstić information content (AvgIpc) is 2.87. The van der Waals surface area contributed by atoms with Crippen molar-refractivity contribution in [1.29, 1.82) is 0 Å². The van der Waals surface area contributed by atoms with Gasteiger partial charge in [-0.05, 0) is 26.3 Å². The van der Waals surface area contributed by atoms with E-state index in [1.807, 2.05) is 30.3 Å². The predicted octanol–water partition coefficient (Wildman–Crippen LogP) is 5.04. The molecule has 0 radical (unpaired) electrons. The second-order valence-electron chi connectivity index (χ2n) is 6.37. The van der Waals surface area contributed by atoms with Crippen molar-refractivity contribution in [3.05, 3.63) is 35.9 Å². The Labute approximate surface area is 170 Å². The van der Waals surface area contributed by atoms with Gasteiger partial charge in [-0.25, -0.2) is 9.79 Å². The van der Waals surface area contributed by atoms with Gasteiger partial charge in [0.15, 0.2) is 0 Å². The minimum atomic E-state index is -1.86. The fourth-order valence-electron chi connectivity index (χ4n) is 2.26. The molecular weight excluding hydrogens is 487 g/mol. The molecule has 2 atom stereocenters. The summed E-state index contributed by atoms with van der Waals surface area (Å²) in [6, 6.07) is 8.62. The van der Waals surface area contributed by atoms with Crippen LogP contribution in [0.2, 0.25) is 0 Å². The maximum Gasteiger partial charge on any atom is 0.354 e. The van der Waals surface area contributed by atoms with E-state index in [1.165, 1.54) is 0 Å². The van der Waals surface area contributed by atoms with Crippen molar-refractivity contribution < 1.29 is 14.3 Å². The zero-order chi connectivity index (χ0) is 18.2. The van der Waals surface area contributed by atoms with E-state index in [-0.39, 0.29) is 10.3 Å². The van der Waals surface area contributed by atoms with Gasteiger partial charge in [0.25, 0.3) is 3.79 Å². The smallest absolute Gasteiger partial charge is 0.354 e. The number of ether oxygens (including phenoxy) is 2. The van der Waals surface area contributed by atoms with Crippen LogP contribution in [0.3, 0.4) is 0 Å². The molecule has 1 heterocycles. The molecule has 1 aromatic rings. The van der Waals surface area contributed by atoms with Gasteiger partial charge in [-0.15, -0.1) is 0 Å². The van der Waals surface area contributed by atoms with Crippen molar-refractivity contribution in [1.82, 2.24) is 0 Å². The molecule has 1 aromatic carbocycles. The van der Waals surface area contributed by atoms with Gasteiger partial charge >= 0.3 is 5.97 Å². The molecule has 0 spiro atoms. The molecule has 24 heavy (non-hydrogen) atoms. The first-order valence-electron chi connectivity index (χ1n) is 7.18. The molecule has 1 aliphatic rings. The Morgan fingerprint density at radius 3 is 2.33 bits per heavy atom. The predicted molar refractivity (Wildman–Crippen MR) is 105 cm³/mol. The lowest BCUT2D eigenvalue weighted by molar-refractivity contribution is -0.173. The van der Waals surface area contributed by atoms with E-state index in [4.69, 9.17) is 44.3 Å². The first kappa shape index (κ1) is 20.1. The Morgan fingerprint density at radius 2 is 1.88 bits per heavy atom. The Hall–Kier alpha value is -0.240. The van der Waals surface area contributed by atoms with Crippen LogP contribution in [0.4, 0.5) is 0 Å². The standard InChI is InChI=1S/C16H17Cl3INO3/c1-14(2,3)24-13(22)15(9-20)11(10-7-5-4-6-8-10)21-12(23-15)16(17,18)19/h4-8,11H,9H2,1-3H3/t11-,15+/m0/s1. The molecule has 0 N–H and O–H groups in total. The molecule has 0 saturated carbocycles. The normalized spacial score (nSPS) is 24.3. The number of rotatable bonds is 3. The fourth-order valence-corrected chi connectivity index (χ4v) is 3.41. The van der Waals surface area contributed by atoms with Gasteiger partial charge in [0.1, 0.15) is 11.6 Å². The van der Waals surface area contributed by atoms with E-state index < -0.39 is 27.0 Å². The highest BCUT2D eigenvalue weighted by atomic mass is 127. The highest BCUT2D eigenvalue weighted by Gasteiger charge is 2.58. The zero-order valence-electron chi connectivity index (χ0n) is 13.4. The number of alkyl halides is 4. The summed E-state index contributed by atoms with van der Waals surface area (Å²) in [5, 5.41) is 0. The van der Waals surface area contributed by atoms with E-state index >= 15 is 0 Å². The van der Waals surface area contributed by atoms with Crippen LogP contribution in [0.15, 0.2) is 35.3 Å². The van der Waals surface area contributed by atoms with Gasteiger partial charge in [-0.2, -0.15) is 0 Å². The first-order chi connectivity index (χ1) is 11.0. The lowest BCUT2D eigenvalue weighted by Gasteiger charge is -2.33. The second-order valence-corrected chi connectivity index (χ2v) is 9.42. The molecule has 1 aliphatic heterocycles. The van der Waals surface area contributed by atoms with Crippen molar-refractivity contribution in [3.8, 4) is 0 Å². The van der Waals surface area contributed by atoms with Gasteiger partial charge in [-0.3, -0.25) is 0 Å². The summed E-state index contributed by atoms with van der Waals surface area (Å²) in [6.45, 7) is 5.36. The number of esters is 1. The molecule has 0 unspecified atom stereocenters. The number of hydrogen-bond acceptors (Lipinski definition) is 4. The Bertz CT molecular complexity index is 640. The minimum absolute atomic E-state index is 0.108. The summed E-state index contributed by atoms with van der Waals surface area (Å²) >= 11 is 19.9. The molecule has 4 nitrogen and oxygen atoms in total. The largest absolute Gasteiger partial charge is 0.457 e. The van der Waals surface area contributed by atoms with Crippen LogP contribution in [0.25, 0.3) is 0 Å². The molecule has 0 saturated heterocycles. The van der Waals surface area contributed by atoms with Crippen molar-refractivity contribution >= 4 is 69.3 Å². The van der Waals surface area contributed by atoms with E-state index in [0.29, 0.717) is 0 Å². The monoisotopic (exact) mass is 503 g/mol. The Morgan fingerprint density at radius 1 is 1.29 bits per heavy atom. The summed E-state index contributed by atoms with van der Waals surface area (Å²) in [4.78, 5) is 17.3. The van der Waals surface area contributed by atoms with Crippen LogP contribution in [-0.2, 0) is 14.3 Å². The summed E-state index contributed by atoms with van der Waals surface area (Å²) in [5.74, 6) is -0.643. The zero-order valence-corrected chi connectivity index (χ0v) is 17.8. The lowest BCUT2D eigenvalue weighted by atomic mass is 9.91. The molecule has 0 aromatic heterocycles. The van der Waals surface area contributed by atoms with Crippen LogP contribution < -0.4 is 0 Å². The van der Waals surface area contributed by atoms with E-state index in [9.17, 15) is 4.79 Å². The molecule has 2 rings (SSSR count). The maximum atomic E-state index is 12.9. The number of halogens is 4. The van der Waals surface area contributed by atoms with Crippen molar-refractivity contribution in [2.45, 2.75) is 41.8 Å². The topological polar surface area (TPSA) is 47.9 Å². The van der Waals surface area contributed by atoms with E-state index in [2.05, 4.69) is 27.6 Å². The third-order valence-corrected chi connectivity index (χ3v) is 4.89. The van der Waals surface area contributed by atoms with Crippen molar-refractivity contribution in [2.75, 3.05) is 4.43 Å². The molecular formula is C16H17Cl3INO3. The van der Waals surface area contributed by atoms with Crippen LogP contribution in [0.5, 0.6) is 0 Å². The molecule has 0 bridgehead atoms. The third kappa shape index (κ3) is 4.29. The Kier molecular flexibility index (Phi) is 6.00. The van der Waals surface area contributed by atoms with Crippen LogP contribution >= 0.6 is 57.4 Å². The van der Waals surface area contributed by atoms with E-state index in [0.717, 1.165) is 5.56 Å². The number of carbonyl (C=O) groups excluding carboxylic acids is 1. The number of hydrogen-bond donors (Lipinski definition) is 0. The SMILES string of the molecule is CC(C)(C)OC(=O)[C@]1(CI)OC(C(Cl)(Cl)Cl)=N[C@H]1c1ccccc1. The summed E-state index contributed by atoms with van der Waals surface area (Å²) in [5.41, 5.74) is -1.28. The third-order valence-electron chi connectivity index (χ3n) is 3.27. The molecule has 0 aliphatic carbocycles. The van der Waals surface area contributed by atoms with Crippen LogP contribution in [-0.4, -0.2) is 31.3 Å². The summed E-state index contributed by atoms with van der Waals surface area (Å²) in [6.07, 6.45) is 0.